The van der Waals surface area contributed by atoms with Gasteiger partial charge in [-0.3, -0.25) is 9.59 Å². The quantitative estimate of drug-likeness (QED) is 0.842. The van der Waals surface area contributed by atoms with E-state index in [1.165, 1.54) is 12.1 Å². The Morgan fingerprint density at radius 3 is 2.43 bits per heavy atom. The Kier molecular flexibility index (Phi) is 4.60. The van der Waals surface area contributed by atoms with E-state index in [1.807, 2.05) is 0 Å². The molecule has 0 aromatic heterocycles. The summed E-state index contributed by atoms with van der Waals surface area (Å²) in [6.45, 7) is 1.69. The average molecular weight is 304 g/mol. The highest BCUT2D eigenvalue weighted by Crippen LogP contribution is 2.26. The van der Waals surface area contributed by atoms with Gasteiger partial charge in [0.05, 0.1) is 21.8 Å². The van der Waals surface area contributed by atoms with Crippen LogP contribution in [0.25, 0.3) is 0 Å². The van der Waals surface area contributed by atoms with Gasteiger partial charge in [-0.05, 0) is 24.3 Å². The number of carbonyl (C=O) groups excluding carboxylic acids is 2. The molecule has 0 heterocycles. The molecule has 21 heavy (non-hydrogen) atoms. The van der Waals surface area contributed by atoms with Crippen molar-refractivity contribution in [2.75, 3.05) is 5.32 Å². The molecule has 108 valence electrons. The maximum absolute atomic E-state index is 12.2. The molecule has 2 rings (SSSR count). The number of phenols is 1. The minimum Gasteiger partial charge on any atom is -0.506 e. The lowest BCUT2D eigenvalue weighted by Gasteiger charge is -2.10. The number of carbonyl (C=O) groups is 2. The average Bonchev–Trinajstić information content (AvgIpc) is 2.49. The van der Waals surface area contributed by atoms with Gasteiger partial charge in [0.25, 0.3) is 5.91 Å². The zero-order valence-corrected chi connectivity index (χ0v) is 12.1. The molecule has 0 atom stereocenters. The Hall–Kier alpha value is -2.33. The first kappa shape index (κ1) is 15.1. The second-order valence-electron chi connectivity index (χ2n) is 4.41. The van der Waals surface area contributed by atoms with Crippen LogP contribution in [0.2, 0.25) is 5.02 Å². The highest BCUT2D eigenvalue weighted by Gasteiger charge is 2.18. The Morgan fingerprint density at radius 2 is 1.76 bits per heavy atom. The zero-order valence-electron chi connectivity index (χ0n) is 11.4. The second kappa shape index (κ2) is 6.41. The van der Waals surface area contributed by atoms with Crippen molar-refractivity contribution in [3.05, 3.63) is 58.6 Å². The van der Waals surface area contributed by atoms with Crippen molar-refractivity contribution in [3.8, 4) is 5.75 Å². The van der Waals surface area contributed by atoms with Crippen molar-refractivity contribution in [2.24, 2.45) is 0 Å². The lowest BCUT2D eigenvalue weighted by molar-refractivity contribution is 0.0985. The maximum atomic E-state index is 12.2. The smallest absolute Gasteiger partial charge is 0.259 e. The number of hydrogen-bond acceptors (Lipinski definition) is 3. The summed E-state index contributed by atoms with van der Waals surface area (Å²) in [4.78, 5) is 23.9. The summed E-state index contributed by atoms with van der Waals surface area (Å²) in [6, 6.07) is 11.3. The number of halogens is 1. The van der Waals surface area contributed by atoms with E-state index in [0.29, 0.717) is 10.7 Å². The lowest BCUT2D eigenvalue weighted by Crippen LogP contribution is -2.13. The number of ketones is 1. The van der Waals surface area contributed by atoms with Crippen molar-refractivity contribution in [2.45, 2.75) is 13.3 Å². The van der Waals surface area contributed by atoms with Crippen LogP contribution < -0.4 is 5.32 Å². The first-order valence-corrected chi connectivity index (χ1v) is 6.83. The molecule has 0 aliphatic heterocycles. The van der Waals surface area contributed by atoms with E-state index in [9.17, 15) is 14.7 Å². The molecule has 0 aliphatic carbocycles. The maximum Gasteiger partial charge on any atom is 0.259 e. The van der Waals surface area contributed by atoms with E-state index in [2.05, 4.69) is 5.32 Å². The van der Waals surface area contributed by atoms with Crippen LogP contribution in [0.4, 0.5) is 5.69 Å². The molecule has 0 fully saturated rings. The Bertz CT molecular complexity index is 698. The second-order valence-corrected chi connectivity index (χ2v) is 4.82. The molecular weight excluding hydrogens is 290 g/mol. The monoisotopic (exact) mass is 303 g/mol. The summed E-state index contributed by atoms with van der Waals surface area (Å²) < 4.78 is 0. The molecule has 2 N–H and O–H groups in total. The van der Waals surface area contributed by atoms with E-state index in [1.54, 1.807) is 37.3 Å². The molecule has 0 spiro atoms. The molecule has 0 saturated carbocycles. The van der Waals surface area contributed by atoms with E-state index in [4.69, 9.17) is 11.6 Å². The van der Waals surface area contributed by atoms with Gasteiger partial charge in [-0.15, -0.1) is 0 Å². The number of rotatable bonds is 4. The number of phenolic OH excluding ortho intramolecular Hbond substituents is 1. The van der Waals surface area contributed by atoms with Crippen LogP contribution in [0.15, 0.2) is 42.5 Å². The summed E-state index contributed by atoms with van der Waals surface area (Å²) in [5, 5.41) is 13.1. The molecule has 0 aliphatic rings. The first-order chi connectivity index (χ1) is 10.0. The lowest BCUT2D eigenvalue weighted by atomic mass is 10.0. The summed E-state index contributed by atoms with van der Waals surface area (Å²) in [5.41, 5.74) is 0.620. The molecule has 0 radical (unpaired) electrons. The number of Topliss-reactive ketones (excluding diaryl/α,β-unsaturated/α-hetero) is 1. The van der Waals surface area contributed by atoms with Gasteiger partial charge in [0, 0.05) is 6.42 Å². The number of aromatic hydroxyl groups is 1. The van der Waals surface area contributed by atoms with Crippen LogP contribution in [0, 0.1) is 0 Å². The molecule has 5 heteroatoms. The third-order valence-corrected chi connectivity index (χ3v) is 3.35. The SMILES string of the molecule is CCC(=O)c1cccc(C(=O)Nc2ccccc2Cl)c1O. The number of nitrogens with one attached hydrogen (secondary N) is 1. The topological polar surface area (TPSA) is 66.4 Å². The predicted octanol–water partition coefficient (Wildman–Crippen LogP) is 3.89. The highest BCUT2D eigenvalue weighted by molar-refractivity contribution is 6.34. The van der Waals surface area contributed by atoms with Crippen molar-refractivity contribution in [1.29, 1.82) is 0 Å². The van der Waals surface area contributed by atoms with Crippen LogP contribution in [0.3, 0.4) is 0 Å². The fraction of sp³-hybridized carbons (Fsp3) is 0.125. The number of para-hydroxylation sites is 2. The largest absolute Gasteiger partial charge is 0.506 e. The van der Waals surface area contributed by atoms with E-state index >= 15 is 0 Å². The van der Waals surface area contributed by atoms with Gasteiger partial charge >= 0.3 is 0 Å². The van der Waals surface area contributed by atoms with Crippen molar-refractivity contribution >= 4 is 29.0 Å². The molecule has 2 aromatic rings. The Morgan fingerprint density at radius 1 is 1.10 bits per heavy atom. The number of hydrogen-bond donors (Lipinski definition) is 2. The highest BCUT2D eigenvalue weighted by atomic mass is 35.5. The van der Waals surface area contributed by atoms with Gasteiger partial charge in [-0.25, -0.2) is 0 Å². The van der Waals surface area contributed by atoms with Crippen LogP contribution in [-0.4, -0.2) is 16.8 Å². The summed E-state index contributed by atoms with van der Waals surface area (Å²) >= 11 is 5.97. The van der Waals surface area contributed by atoms with Gasteiger partial charge in [-0.2, -0.15) is 0 Å². The van der Waals surface area contributed by atoms with Crippen LogP contribution in [-0.2, 0) is 0 Å². The van der Waals surface area contributed by atoms with Gasteiger partial charge in [0.1, 0.15) is 5.75 Å². The fourth-order valence-electron chi connectivity index (χ4n) is 1.89. The third-order valence-electron chi connectivity index (χ3n) is 3.02. The summed E-state index contributed by atoms with van der Waals surface area (Å²) in [7, 11) is 0. The normalized spacial score (nSPS) is 10.2. The summed E-state index contributed by atoms with van der Waals surface area (Å²) in [6.07, 6.45) is 0.253. The minimum atomic E-state index is -0.522. The van der Waals surface area contributed by atoms with Crippen LogP contribution >= 0.6 is 11.6 Å². The first-order valence-electron chi connectivity index (χ1n) is 6.45. The molecule has 2 aromatic carbocycles. The van der Waals surface area contributed by atoms with E-state index < -0.39 is 5.91 Å². The predicted molar refractivity (Wildman–Crippen MR) is 82.1 cm³/mol. The van der Waals surface area contributed by atoms with Gasteiger partial charge < -0.3 is 10.4 Å². The third kappa shape index (κ3) is 3.23. The number of benzene rings is 2. The minimum absolute atomic E-state index is 0.0363. The molecule has 0 unspecified atom stereocenters. The fourth-order valence-corrected chi connectivity index (χ4v) is 2.08. The van der Waals surface area contributed by atoms with E-state index in [-0.39, 0.29) is 29.1 Å². The Labute approximate surface area is 127 Å². The molecule has 0 saturated heterocycles. The van der Waals surface area contributed by atoms with Crippen molar-refractivity contribution in [1.82, 2.24) is 0 Å². The van der Waals surface area contributed by atoms with Crippen LogP contribution in [0.5, 0.6) is 5.75 Å². The van der Waals surface area contributed by atoms with Crippen molar-refractivity contribution < 1.29 is 14.7 Å². The Balaban J connectivity index is 2.32. The van der Waals surface area contributed by atoms with Crippen LogP contribution in [0.1, 0.15) is 34.1 Å². The van der Waals surface area contributed by atoms with Gasteiger partial charge in [-0.1, -0.05) is 36.7 Å². The standard InChI is InChI=1S/C16H14ClNO3/c1-2-14(19)10-6-5-7-11(15(10)20)16(21)18-13-9-4-3-8-12(13)17/h3-9,20H,2H2,1H3,(H,18,21). The summed E-state index contributed by atoms with van der Waals surface area (Å²) in [5.74, 6) is -1.06. The van der Waals surface area contributed by atoms with Gasteiger partial charge in [0.2, 0.25) is 0 Å². The molecule has 4 nitrogen and oxygen atoms in total. The van der Waals surface area contributed by atoms with Gasteiger partial charge in [0.15, 0.2) is 5.78 Å². The molecule has 1 amide bonds. The number of anilines is 1. The van der Waals surface area contributed by atoms with Crippen molar-refractivity contribution in [3.63, 3.8) is 0 Å². The molecule has 0 bridgehead atoms. The number of amides is 1. The zero-order chi connectivity index (χ0) is 15.4. The molecular formula is C16H14ClNO3. The van der Waals surface area contributed by atoms with E-state index in [0.717, 1.165) is 0 Å².